The van der Waals surface area contributed by atoms with Gasteiger partial charge in [0.05, 0.1) is 16.9 Å². The number of carbonyl (C=O) groups is 1. The molecule has 1 N–H and O–H groups in total. The lowest BCUT2D eigenvalue weighted by Gasteiger charge is -2.13. The van der Waals surface area contributed by atoms with Crippen molar-refractivity contribution in [3.63, 3.8) is 0 Å². The average molecular weight is 406 g/mol. The summed E-state index contributed by atoms with van der Waals surface area (Å²) in [5, 5.41) is 2.72. The third kappa shape index (κ3) is 3.72. The van der Waals surface area contributed by atoms with E-state index in [1.54, 1.807) is 17.6 Å². The second-order valence-electron chi connectivity index (χ2n) is 6.79. The first-order valence-corrected chi connectivity index (χ1v) is 9.24. The van der Waals surface area contributed by atoms with E-state index in [-0.39, 0.29) is 5.69 Å². The van der Waals surface area contributed by atoms with E-state index >= 15 is 0 Å². The predicted octanol–water partition coefficient (Wildman–Crippen LogP) is 6.12. The minimum absolute atomic E-state index is 0.133. The van der Waals surface area contributed by atoms with Gasteiger partial charge in [0, 0.05) is 17.4 Å². The molecule has 1 amide bonds. The Kier molecular flexibility index (Phi) is 5.14. The Morgan fingerprint density at radius 1 is 0.833 bits per heavy atom. The number of benzene rings is 3. The van der Waals surface area contributed by atoms with Gasteiger partial charge in [0.15, 0.2) is 0 Å². The molecule has 0 aliphatic carbocycles. The van der Waals surface area contributed by atoms with Crippen molar-refractivity contribution in [1.82, 2.24) is 4.57 Å². The Morgan fingerprint density at radius 3 is 2.17 bits per heavy atom. The molecule has 1 aromatic heterocycles. The van der Waals surface area contributed by atoms with Crippen LogP contribution in [0.2, 0.25) is 0 Å². The van der Waals surface area contributed by atoms with Crippen LogP contribution >= 0.6 is 0 Å². The molecule has 3 aromatic carbocycles. The normalized spacial score (nSPS) is 10.8. The van der Waals surface area contributed by atoms with Crippen molar-refractivity contribution in [3.05, 3.63) is 108 Å². The molecule has 1 heterocycles. The summed E-state index contributed by atoms with van der Waals surface area (Å²) >= 11 is 0. The third-order valence-electron chi connectivity index (χ3n) is 4.81. The van der Waals surface area contributed by atoms with Gasteiger partial charge in [-0.2, -0.15) is 0 Å². The second kappa shape index (κ2) is 7.91. The number of nitrogens with one attached hydrogen (secondary N) is 1. The fraction of sp³-hybridized carbons (Fsp3) is 0.0417. The predicted molar refractivity (Wildman–Crippen MR) is 110 cm³/mol. The molecule has 0 spiro atoms. The average Bonchev–Trinajstić information content (AvgIpc) is 3.07. The fourth-order valence-corrected chi connectivity index (χ4v) is 3.36. The lowest BCUT2D eigenvalue weighted by atomic mass is 10.1. The second-order valence-corrected chi connectivity index (χ2v) is 6.79. The minimum atomic E-state index is -0.739. The van der Waals surface area contributed by atoms with E-state index in [2.05, 4.69) is 5.32 Å². The van der Waals surface area contributed by atoms with E-state index in [1.165, 1.54) is 36.4 Å². The summed E-state index contributed by atoms with van der Waals surface area (Å²) in [7, 11) is 0. The summed E-state index contributed by atoms with van der Waals surface area (Å²) in [6, 6.07) is 19.6. The summed E-state index contributed by atoms with van der Waals surface area (Å²) in [6.07, 6.45) is 0. The molecule has 0 atom stereocenters. The van der Waals surface area contributed by atoms with Crippen LogP contribution in [0, 0.1) is 24.4 Å². The fourth-order valence-electron chi connectivity index (χ4n) is 3.36. The van der Waals surface area contributed by atoms with Gasteiger partial charge >= 0.3 is 0 Å². The Labute approximate surface area is 171 Å². The smallest absolute Gasteiger partial charge is 0.257 e. The van der Waals surface area contributed by atoms with Gasteiger partial charge < -0.3 is 9.88 Å². The van der Waals surface area contributed by atoms with E-state index in [9.17, 15) is 18.0 Å². The van der Waals surface area contributed by atoms with Crippen molar-refractivity contribution < 1.29 is 18.0 Å². The van der Waals surface area contributed by atoms with E-state index < -0.39 is 23.4 Å². The number of carbonyl (C=O) groups excluding carboxylic acids is 1. The zero-order chi connectivity index (χ0) is 21.3. The molecule has 0 unspecified atom stereocenters. The summed E-state index contributed by atoms with van der Waals surface area (Å²) < 4.78 is 42.8. The van der Waals surface area contributed by atoms with E-state index in [0.29, 0.717) is 22.6 Å². The molecule has 0 radical (unpaired) electrons. The third-order valence-corrected chi connectivity index (χ3v) is 4.81. The maximum atomic E-state index is 14.6. The van der Waals surface area contributed by atoms with Crippen molar-refractivity contribution in [2.75, 3.05) is 5.32 Å². The highest BCUT2D eigenvalue weighted by Crippen LogP contribution is 2.31. The summed E-state index contributed by atoms with van der Waals surface area (Å²) in [5.41, 5.74) is 2.73. The number of hydrogen-bond donors (Lipinski definition) is 1. The number of aromatic nitrogens is 1. The van der Waals surface area contributed by atoms with Crippen molar-refractivity contribution in [2.45, 2.75) is 6.92 Å². The van der Waals surface area contributed by atoms with Crippen molar-refractivity contribution in [1.29, 1.82) is 0 Å². The lowest BCUT2D eigenvalue weighted by molar-refractivity contribution is 0.102. The Hall–Kier alpha value is -3.80. The molecule has 0 saturated carbocycles. The quantitative estimate of drug-likeness (QED) is 0.435. The van der Waals surface area contributed by atoms with Crippen LogP contribution in [0.5, 0.6) is 0 Å². The van der Waals surface area contributed by atoms with Gasteiger partial charge in [-0.1, -0.05) is 30.3 Å². The number of amides is 1. The molecule has 0 aliphatic heterocycles. The Bertz CT molecular complexity index is 1220. The van der Waals surface area contributed by atoms with Crippen LogP contribution in [0.25, 0.3) is 16.9 Å². The van der Waals surface area contributed by atoms with Crippen LogP contribution in [0.15, 0.2) is 78.9 Å². The highest BCUT2D eigenvalue weighted by atomic mass is 19.1. The molecule has 0 aliphatic rings. The lowest BCUT2D eigenvalue weighted by Crippen LogP contribution is -2.13. The van der Waals surface area contributed by atoms with E-state index in [0.717, 1.165) is 11.6 Å². The van der Waals surface area contributed by atoms with Gasteiger partial charge in [-0.3, -0.25) is 4.79 Å². The Morgan fingerprint density at radius 2 is 1.50 bits per heavy atom. The number of rotatable bonds is 4. The SMILES string of the molecule is Cc1c(C(=O)Nc2ccc(F)cc2)cc(-c2ccccc2)n1-c1ccc(F)cc1F. The van der Waals surface area contributed by atoms with Crippen LogP contribution < -0.4 is 5.32 Å². The van der Waals surface area contributed by atoms with Gasteiger partial charge in [0.2, 0.25) is 0 Å². The summed E-state index contributed by atoms with van der Waals surface area (Å²) in [6.45, 7) is 1.69. The molecular weight excluding hydrogens is 389 g/mol. The van der Waals surface area contributed by atoms with Crippen molar-refractivity contribution >= 4 is 11.6 Å². The number of halogens is 3. The van der Waals surface area contributed by atoms with Crippen molar-refractivity contribution in [3.8, 4) is 16.9 Å². The maximum absolute atomic E-state index is 14.6. The first-order valence-electron chi connectivity index (χ1n) is 9.24. The number of anilines is 1. The molecule has 0 bridgehead atoms. The molecule has 30 heavy (non-hydrogen) atoms. The van der Waals surface area contributed by atoms with Gasteiger partial charge in [-0.05, 0) is 55.0 Å². The molecule has 150 valence electrons. The first kappa shape index (κ1) is 19.5. The van der Waals surface area contributed by atoms with Gasteiger partial charge in [0.25, 0.3) is 5.91 Å². The standard InChI is InChI=1S/C24H17F3N2O/c1-15-20(24(30)28-19-10-7-17(25)8-11-19)14-23(16-5-3-2-4-6-16)29(15)22-12-9-18(26)13-21(22)27/h2-14H,1H3,(H,28,30). The number of hydrogen-bond acceptors (Lipinski definition) is 1. The molecule has 4 rings (SSSR count). The summed E-state index contributed by atoms with van der Waals surface area (Å²) in [5.74, 6) is -2.25. The maximum Gasteiger partial charge on any atom is 0.257 e. The molecule has 3 nitrogen and oxygen atoms in total. The number of nitrogens with zero attached hydrogens (tertiary/aromatic N) is 1. The van der Waals surface area contributed by atoms with Crippen LogP contribution in [0.3, 0.4) is 0 Å². The van der Waals surface area contributed by atoms with Crippen LogP contribution in [0.4, 0.5) is 18.9 Å². The van der Waals surface area contributed by atoms with Gasteiger partial charge in [0.1, 0.15) is 17.5 Å². The Balaban J connectivity index is 1.83. The summed E-state index contributed by atoms with van der Waals surface area (Å²) in [4.78, 5) is 12.9. The van der Waals surface area contributed by atoms with Gasteiger partial charge in [-0.25, -0.2) is 13.2 Å². The van der Waals surface area contributed by atoms with E-state index in [4.69, 9.17) is 0 Å². The topological polar surface area (TPSA) is 34.0 Å². The van der Waals surface area contributed by atoms with E-state index in [1.807, 2.05) is 30.3 Å². The molecule has 0 fully saturated rings. The minimum Gasteiger partial charge on any atom is -0.322 e. The molecule has 0 saturated heterocycles. The zero-order valence-corrected chi connectivity index (χ0v) is 16.0. The molecular formula is C24H17F3N2O. The van der Waals surface area contributed by atoms with Crippen LogP contribution in [-0.4, -0.2) is 10.5 Å². The molecule has 6 heteroatoms. The monoisotopic (exact) mass is 406 g/mol. The molecule has 4 aromatic rings. The highest BCUT2D eigenvalue weighted by molar-refractivity contribution is 6.06. The largest absolute Gasteiger partial charge is 0.322 e. The zero-order valence-electron chi connectivity index (χ0n) is 16.0. The highest BCUT2D eigenvalue weighted by Gasteiger charge is 2.21. The van der Waals surface area contributed by atoms with Crippen LogP contribution in [-0.2, 0) is 0 Å². The van der Waals surface area contributed by atoms with Gasteiger partial charge in [-0.15, -0.1) is 0 Å². The van der Waals surface area contributed by atoms with Crippen LogP contribution in [0.1, 0.15) is 16.1 Å². The first-order chi connectivity index (χ1) is 14.4. The van der Waals surface area contributed by atoms with Crippen molar-refractivity contribution in [2.24, 2.45) is 0 Å².